The van der Waals surface area contributed by atoms with Crippen molar-refractivity contribution in [2.75, 3.05) is 25.1 Å². The van der Waals surface area contributed by atoms with Crippen molar-refractivity contribution in [3.8, 4) is 0 Å². The topological polar surface area (TPSA) is 116 Å². The summed E-state index contributed by atoms with van der Waals surface area (Å²) in [4.78, 5) is 33.0. The van der Waals surface area contributed by atoms with Gasteiger partial charge in [-0.25, -0.2) is 0 Å². The van der Waals surface area contributed by atoms with Crippen molar-refractivity contribution in [3.05, 3.63) is 38.4 Å². The Hall–Kier alpha value is -2.71. The van der Waals surface area contributed by atoms with E-state index in [-0.39, 0.29) is 18.8 Å². The largest absolute Gasteiger partial charge is 0.465 e. The van der Waals surface area contributed by atoms with Gasteiger partial charge in [-0.05, 0) is 13.0 Å². The number of likely N-dealkylation sites (N-methyl/N-ethyl adjacent to an activating group) is 1. The Balaban J connectivity index is 3.22. The number of hydrogen-bond acceptors (Lipinski definition) is 7. The first-order valence-corrected chi connectivity index (χ1v) is 5.67. The third-order valence-electron chi connectivity index (χ3n) is 2.44. The molecule has 0 radical (unpaired) electrons. The van der Waals surface area contributed by atoms with Crippen LogP contribution in [0.15, 0.2) is 18.2 Å². The number of nitrogens with zero attached hydrogens (tertiary/aromatic N) is 3. The number of nitro groups is 2. The van der Waals surface area contributed by atoms with E-state index in [1.165, 1.54) is 13.1 Å². The first-order chi connectivity index (χ1) is 9.38. The second kappa shape index (κ2) is 6.45. The molecule has 9 nitrogen and oxygen atoms in total. The summed E-state index contributed by atoms with van der Waals surface area (Å²) in [6.45, 7) is 1.45. The highest BCUT2D eigenvalue weighted by Gasteiger charge is 2.28. The molecule has 1 aromatic rings. The lowest BCUT2D eigenvalue weighted by Gasteiger charge is -2.17. The lowest BCUT2D eigenvalue weighted by molar-refractivity contribution is -0.392. The van der Waals surface area contributed by atoms with Crippen LogP contribution in [0.1, 0.15) is 6.92 Å². The number of esters is 1. The van der Waals surface area contributed by atoms with Crippen molar-refractivity contribution in [1.82, 2.24) is 0 Å². The second-order valence-electron chi connectivity index (χ2n) is 3.82. The molecule has 0 heterocycles. The Labute approximate surface area is 114 Å². The number of nitro benzene ring substituents is 2. The molecular formula is C11H13N3O6. The zero-order valence-electron chi connectivity index (χ0n) is 10.9. The summed E-state index contributed by atoms with van der Waals surface area (Å²) in [7, 11) is 1.35. The summed E-state index contributed by atoms with van der Waals surface area (Å²) >= 11 is 0. The molecule has 0 saturated heterocycles. The molecule has 0 bridgehead atoms. The predicted molar refractivity (Wildman–Crippen MR) is 69.7 cm³/mol. The standard InChI is InChI=1S/C11H13N3O6/c1-3-20-10(15)7-12(2)11-8(13(16)17)5-4-6-9(11)14(18)19/h4-6H,3,7H2,1-2H3. The van der Waals surface area contributed by atoms with Gasteiger partial charge in [0.15, 0.2) is 5.69 Å². The highest BCUT2D eigenvalue weighted by molar-refractivity contribution is 5.81. The minimum atomic E-state index is -0.732. The Kier molecular flexibility index (Phi) is 4.95. The molecule has 0 fully saturated rings. The number of anilines is 1. The van der Waals surface area contributed by atoms with Crippen LogP contribution in [0.3, 0.4) is 0 Å². The van der Waals surface area contributed by atoms with Gasteiger partial charge in [-0.15, -0.1) is 0 Å². The summed E-state index contributed by atoms with van der Waals surface area (Å²) in [5, 5.41) is 21.9. The van der Waals surface area contributed by atoms with Crippen molar-refractivity contribution in [3.63, 3.8) is 0 Å². The van der Waals surface area contributed by atoms with E-state index in [9.17, 15) is 25.0 Å². The maximum atomic E-state index is 11.4. The number of carbonyl (C=O) groups is 1. The highest BCUT2D eigenvalue weighted by Crippen LogP contribution is 2.36. The number of para-hydroxylation sites is 1. The molecular weight excluding hydrogens is 270 g/mol. The fourth-order valence-electron chi connectivity index (χ4n) is 1.68. The van der Waals surface area contributed by atoms with E-state index in [0.717, 1.165) is 17.0 Å². The summed E-state index contributed by atoms with van der Waals surface area (Å²) in [6, 6.07) is 3.51. The van der Waals surface area contributed by atoms with Crippen LogP contribution in [0.25, 0.3) is 0 Å². The van der Waals surface area contributed by atoms with Gasteiger partial charge < -0.3 is 9.64 Å². The Morgan fingerprint density at radius 3 is 2.15 bits per heavy atom. The van der Waals surface area contributed by atoms with Gasteiger partial charge in [-0.3, -0.25) is 25.0 Å². The molecule has 0 spiro atoms. The molecule has 20 heavy (non-hydrogen) atoms. The van der Waals surface area contributed by atoms with Crippen LogP contribution in [0, 0.1) is 20.2 Å². The van der Waals surface area contributed by atoms with Gasteiger partial charge in [-0.1, -0.05) is 0 Å². The predicted octanol–water partition coefficient (Wildman–Crippen LogP) is 1.50. The molecule has 1 aromatic carbocycles. The monoisotopic (exact) mass is 283 g/mol. The molecule has 1 rings (SSSR count). The second-order valence-corrected chi connectivity index (χ2v) is 3.82. The molecule has 0 aliphatic rings. The number of rotatable bonds is 6. The van der Waals surface area contributed by atoms with Gasteiger partial charge in [-0.2, -0.15) is 0 Å². The van der Waals surface area contributed by atoms with Gasteiger partial charge in [0, 0.05) is 19.2 Å². The van der Waals surface area contributed by atoms with Crippen molar-refractivity contribution in [2.45, 2.75) is 6.92 Å². The lowest BCUT2D eigenvalue weighted by Crippen LogP contribution is -2.28. The average Bonchev–Trinajstić information content (AvgIpc) is 2.37. The molecule has 0 aliphatic carbocycles. The summed E-state index contributed by atoms with van der Waals surface area (Å²) < 4.78 is 4.71. The normalized spacial score (nSPS) is 9.90. The SMILES string of the molecule is CCOC(=O)CN(C)c1c([N+](=O)[O-])cccc1[N+](=O)[O-]. The quantitative estimate of drug-likeness (QED) is 0.441. The van der Waals surface area contributed by atoms with Gasteiger partial charge in [0.25, 0.3) is 11.4 Å². The zero-order chi connectivity index (χ0) is 15.3. The molecule has 0 atom stereocenters. The van der Waals surface area contributed by atoms with Gasteiger partial charge in [0.2, 0.25) is 0 Å². The Bertz CT molecular complexity index is 513. The summed E-state index contributed by atoms with van der Waals surface area (Å²) in [5.74, 6) is -0.623. The van der Waals surface area contributed by atoms with Crippen LogP contribution in [0.2, 0.25) is 0 Å². The summed E-state index contributed by atoms with van der Waals surface area (Å²) in [6.07, 6.45) is 0. The minimum Gasteiger partial charge on any atom is -0.465 e. The van der Waals surface area contributed by atoms with Crippen molar-refractivity contribution in [2.24, 2.45) is 0 Å². The van der Waals surface area contributed by atoms with E-state index in [1.807, 2.05) is 0 Å². The van der Waals surface area contributed by atoms with Crippen LogP contribution < -0.4 is 4.90 Å². The van der Waals surface area contributed by atoms with Crippen molar-refractivity contribution in [1.29, 1.82) is 0 Å². The van der Waals surface area contributed by atoms with Crippen LogP contribution in [0.5, 0.6) is 0 Å². The first-order valence-electron chi connectivity index (χ1n) is 5.67. The maximum absolute atomic E-state index is 11.4. The molecule has 0 unspecified atom stereocenters. The summed E-state index contributed by atoms with van der Waals surface area (Å²) in [5.41, 5.74) is -1.10. The van der Waals surface area contributed by atoms with E-state index in [1.54, 1.807) is 6.92 Å². The molecule has 0 aromatic heterocycles. The van der Waals surface area contributed by atoms with Crippen LogP contribution >= 0.6 is 0 Å². The Morgan fingerprint density at radius 1 is 1.25 bits per heavy atom. The molecule has 9 heteroatoms. The average molecular weight is 283 g/mol. The van der Waals surface area contributed by atoms with E-state index < -0.39 is 27.2 Å². The highest BCUT2D eigenvalue weighted by atomic mass is 16.6. The zero-order valence-corrected chi connectivity index (χ0v) is 10.9. The van der Waals surface area contributed by atoms with Crippen LogP contribution in [-0.4, -0.2) is 36.0 Å². The first kappa shape index (κ1) is 15.3. The van der Waals surface area contributed by atoms with Crippen LogP contribution in [0.4, 0.5) is 17.1 Å². The maximum Gasteiger partial charge on any atom is 0.325 e. The molecule has 0 amide bonds. The van der Waals surface area contributed by atoms with Gasteiger partial charge in [0.1, 0.15) is 6.54 Å². The van der Waals surface area contributed by atoms with E-state index in [2.05, 4.69) is 0 Å². The fourth-order valence-corrected chi connectivity index (χ4v) is 1.68. The van der Waals surface area contributed by atoms with E-state index in [0.29, 0.717) is 0 Å². The Morgan fingerprint density at radius 2 is 1.75 bits per heavy atom. The number of hydrogen-bond donors (Lipinski definition) is 0. The van der Waals surface area contributed by atoms with E-state index >= 15 is 0 Å². The number of benzene rings is 1. The molecule has 0 saturated carbocycles. The third-order valence-corrected chi connectivity index (χ3v) is 2.44. The van der Waals surface area contributed by atoms with Gasteiger partial charge in [0.05, 0.1) is 16.5 Å². The van der Waals surface area contributed by atoms with Gasteiger partial charge >= 0.3 is 5.97 Å². The molecule has 0 aliphatic heterocycles. The molecule has 108 valence electrons. The smallest absolute Gasteiger partial charge is 0.325 e. The van der Waals surface area contributed by atoms with E-state index in [4.69, 9.17) is 4.74 Å². The minimum absolute atomic E-state index is 0.158. The number of ether oxygens (including phenoxy) is 1. The fraction of sp³-hybridized carbons (Fsp3) is 0.364. The van der Waals surface area contributed by atoms with Crippen molar-refractivity contribution >= 4 is 23.0 Å². The molecule has 0 N–H and O–H groups in total. The third kappa shape index (κ3) is 3.40. The number of carbonyl (C=O) groups excluding carboxylic acids is 1. The van der Waals surface area contributed by atoms with Crippen molar-refractivity contribution < 1.29 is 19.4 Å². The van der Waals surface area contributed by atoms with Crippen LogP contribution in [-0.2, 0) is 9.53 Å². The lowest BCUT2D eigenvalue weighted by atomic mass is 10.2.